The zero-order chi connectivity index (χ0) is 14.6. The van der Waals surface area contributed by atoms with Crippen molar-refractivity contribution in [1.82, 2.24) is 19.2 Å². The van der Waals surface area contributed by atoms with Crippen molar-refractivity contribution in [3.05, 3.63) is 12.5 Å². The summed E-state index contributed by atoms with van der Waals surface area (Å²) in [6.07, 6.45) is 6.20. The number of sulfonamides is 1. The molecule has 1 unspecified atom stereocenters. The van der Waals surface area contributed by atoms with Crippen LogP contribution in [0.1, 0.15) is 26.2 Å². The van der Waals surface area contributed by atoms with Gasteiger partial charge in [0.2, 0.25) is 0 Å². The highest BCUT2D eigenvalue weighted by molar-refractivity contribution is 7.89. The lowest BCUT2D eigenvalue weighted by Gasteiger charge is -2.31. The highest BCUT2D eigenvalue weighted by atomic mass is 32.2. The molecular weight excluding hydrogens is 276 g/mol. The van der Waals surface area contributed by atoms with Crippen LogP contribution in [0.3, 0.4) is 0 Å². The van der Waals surface area contributed by atoms with Crippen molar-refractivity contribution in [2.75, 3.05) is 26.2 Å². The van der Waals surface area contributed by atoms with Crippen LogP contribution in [0, 0.1) is 5.92 Å². The maximum atomic E-state index is 12.5. The zero-order valence-corrected chi connectivity index (χ0v) is 13.1. The number of hydrogen-bond acceptors (Lipinski definition) is 4. The van der Waals surface area contributed by atoms with Gasteiger partial charge in [0.15, 0.2) is 5.03 Å². The van der Waals surface area contributed by atoms with Crippen LogP contribution in [-0.4, -0.2) is 48.5 Å². The number of piperidine rings is 1. The smallest absolute Gasteiger partial charge is 0.262 e. The number of aryl methyl sites for hydroxylation is 1. The predicted octanol–water partition coefficient (Wildman–Crippen LogP) is 0.820. The second-order valence-electron chi connectivity index (χ2n) is 5.45. The highest BCUT2D eigenvalue weighted by Crippen LogP contribution is 2.22. The first-order valence-electron chi connectivity index (χ1n) is 7.23. The third-order valence-electron chi connectivity index (χ3n) is 3.63. The van der Waals surface area contributed by atoms with Gasteiger partial charge in [-0.15, -0.1) is 0 Å². The molecule has 1 aromatic heterocycles. The van der Waals surface area contributed by atoms with Crippen molar-refractivity contribution >= 4 is 10.0 Å². The van der Waals surface area contributed by atoms with E-state index in [0.717, 1.165) is 32.4 Å². The Kier molecular flexibility index (Phi) is 5.17. The van der Waals surface area contributed by atoms with Gasteiger partial charge in [0, 0.05) is 26.3 Å². The van der Waals surface area contributed by atoms with E-state index in [1.807, 2.05) is 0 Å². The molecular formula is C13H24N4O2S. The zero-order valence-electron chi connectivity index (χ0n) is 12.2. The molecule has 1 atom stereocenters. The Balaban J connectivity index is 2.01. The molecule has 1 aliphatic heterocycles. The Morgan fingerprint density at radius 1 is 1.50 bits per heavy atom. The molecule has 0 aliphatic carbocycles. The van der Waals surface area contributed by atoms with Crippen LogP contribution in [0.15, 0.2) is 17.6 Å². The number of aromatic nitrogens is 2. The van der Waals surface area contributed by atoms with Crippen LogP contribution in [-0.2, 0) is 17.1 Å². The lowest BCUT2D eigenvalue weighted by molar-refractivity contribution is 0.260. The Morgan fingerprint density at radius 3 is 2.95 bits per heavy atom. The van der Waals surface area contributed by atoms with Gasteiger partial charge in [0.05, 0.1) is 6.33 Å². The summed E-state index contributed by atoms with van der Waals surface area (Å²) in [4.78, 5) is 3.98. The Bertz CT molecular complexity index is 526. The summed E-state index contributed by atoms with van der Waals surface area (Å²) in [5.74, 6) is 0.397. The largest absolute Gasteiger partial charge is 0.339 e. The van der Waals surface area contributed by atoms with Crippen molar-refractivity contribution < 1.29 is 8.42 Å². The molecule has 2 rings (SSSR count). The first-order valence-corrected chi connectivity index (χ1v) is 8.67. The van der Waals surface area contributed by atoms with Gasteiger partial charge in [-0.3, -0.25) is 0 Å². The average molecular weight is 300 g/mol. The van der Waals surface area contributed by atoms with Gasteiger partial charge in [-0.2, -0.15) is 4.31 Å². The van der Waals surface area contributed by atoms with Crippen LogP contribution < -0.4 is 5.32 Å². The van der Waals surface area contributed by atoms with Crippen molar-refractivity contribution in [2.45, 2.75) is 31.2 Å². The van der Waals surface area contributed by atoms with E-state index in [0.29, 0.717) is 19.0 Å². The first kappa shape index (κ1) is 15.5. The van der Waals surface area contributed by atoms with Gasteiger partial charge >= 0.3 is 0 Å². The molecule has 114 valence electrons. The third kappa shape index (κ3) is 3.59. The topological polar surface area (TPSA) is 67.2 Å². The molecule has 6 nitrogen and oxygen atoms in total. The summed E-state index contributed by atoms with van der Waals surface area (Å²) in [6.45, 7) is 5.20. The molecule has 2 heterocycles. The molecule has 1 saturated heterocycles. The van der Waals surface area contributed by atoms with Crippen LogP contribution in [0.2, 0.25) is 0 Å². The van der Waals surface area contributed by atoms with E-state index in [-0.39, 0.29) is 5.03 Å². The Morgan fingerprint density at radius 2 is 2.30 bits per heavy atom. The lowest BCUT2D eigenvalue weighted by Crippen LogP contribution is -2.43. The number of nitrogens with one attached hydrogen (secondary N) is 1. The number of rotatable bonds is 6. The molecule has 0 spiro atoms. The average Bonchev–Trinajstić information content (AvgIpc) is 2.87. The normalized spacial score (nSPS) is 21.2. The van der Waals surface area contributed by atoms with Gasteiger partial charge in [-0.25, -0.2) is 13.4 Å². The maximum absolute atomic E-state index is 12.5. The summed E-state index contributed by atoms with van der Waals surface area (Å²) in [5, 5.41) is 3.53. The number of imidazole rings is 1. The highest BCUT2D eigenvalue weighted by Gasteiger charge is 2.31. The summed E-state index contributed by atoms with van der Waals surface area (Å²) in [7, 11) is -1.65. The monoisotopic (exact) mass is 300 g/mol. The second kappa shape index (κ2) is 6.69. The third-order valence-corrected chi connectivity index (χ3v) is 5.38. The second-order valence-corrected chi connectivity index (χ2v) is 7.34. The van der Waals surface area contributed by atoms with Crippen molar-refractivity contribution in [2.24, 2.45) is 13.0 Å². The molecule has 7 heteroatoms. The van der Waals surface area contributed by atoms with E-state index in [4.69, 9.17) is 0 Å². The van der Waals surface area contributed by atoms with Gasteiger partial charge in [0.1, 0.15) is 0 Å². The SMILES string of the molecule is CCCNCC1CCCN(S(=O)(=O)c2cn(C)cn2)C1. The van der Waals surface area contributed by atoms with E-state index in [1.54, 1.807) is 22.1 Å². The van der Waals surface area contributed by atoms with E-state index in [1.165, 1.54) is 6.33 Å². The minimum atomic E-state index is -3.43. The predicted molar refractivity (Wildman–Crippen MR) is 77.9 cm³/mol. The number of hydrogen-bond donors (Lipinski definition) is 1. The van der Waals surface area contributed by atoms with Gasteiger partial charge in [-0.1, -0.05) is 6.92 Å². The fraction of sp³-hybridized carbons (Fsp3) is 0.769. The van der Waals surface area contributed by atoms with E-state index in [9.17, 15) is 8.42 Å². The van der Waals surface area contributed by atoms with Gasteiger partial charge in [0.25, 0.3) is 10.0 Å². The molecule has 0 bridgehead atoms. The van der Waals surface area contributed by atoms with E-state index in [2.05, 4.69) is 17.2 Å². The molecule has 20 heavy (non-hydrogen) atoms. The molecule has 0 amide bonds. The quantitative estimate of drug-likeness (QED) is 0.790. The molecule has 1 aliphatic rings. The molecule has 1 aromatic rings. The maximum Gasteiger partial charge on any atom is 0.262 e. The van der Waals surface area contributed by atoms with E-state index < -0.39 is 10.0 Å². The van der Waals surface area contributed by atoms with Gasteiger partial charge in [-0.05, 0) is 38.3 Å². The van der Waals surface area contributed by atoms with Crippen molar-refractivity contribution in [3.8, 4) is 0 Å². The minimum Gasteiger partial charge on any atom is -0.339 e. The van der Waals surface area contributed by atoms with E-state index >= 15 is 0 Å². The van der Waals surface area contributed by atoms with Crippen molar-refractivity contribution in [3.63, 3.8) is 0 Å². The van der Waals surface area contributed by atoms with Crippen LogP contribution >= 0.6 is 0 Å². The Hall–Kier alpha value is -0.920. The van der Waals surface area contributed by atoms with Crippen molar-refractivity contribution in [1.29, 1.82) is 0 Å². The Labute approximate surface area is 121 Å². The van der Waals surface area contributed by atoms with Crippen LogP contribution in [0.4, 0.5) is 0 Å². The van der Waals surface area contributed by atoms with Gasteiger partial charge < -0.3 is 9.88 Å². The summed E-state index contributed by atoms with van der Waals surface area (Å²) in [6, 6.07) is 0. The molecule has 1 N–H and O–H groups in total. The van der Waals surface area contributed by atoms with Crippen LogP contribution in [0.5, 0.6) is 0 Å². The lowest BCUT2D eigenvalue weighted by atomic mass is 10.00. The first-order chi connectivity index (χ1) is 9.54. The number of nitrogens with zero attached hydrogens (tertiary/aromatic N) is 3. The fourth-order valence-electron chi connectivity index (χ4n) is 2.55. The molecule has 0 saturated carbocycles. The standard InChI is InChI=1S/C13H24N4O2S/c1-3-6-14-8-12-5-4-7-17(9-12)20(18,19)13-10-16(2)11-15-13/h10-12,14H,3-9H2,1-2H3. The molecule has 0 aromatic carbocycles. The summed E-state index contributed by atoms with van der Waals surface area (Å²) >= 11 is 0. The summed E-state index contributed by atoms with van der Waals surface area (Å²) in [5.41, 5.74) is 0. The van der Waals surface area contributed by atoms with Crippen LogP contribution in [0.25, 0.3) is 0 Å². The molecule has 0 radical (unpaired) electrons. The fourth-order valence-corrected chi connectivity index (χ4v) is 4.07. The summed E-state index contributed by atoms with van der Waals surface area (Å²) < 4.78 is 28.3. The minimum absolute atomic E-state index is 0.155. The molecule has 1 fully saturated rings.